The van der Waals surface area contributed by atoms with Gasteiger partial charge in [-0.15, -0.1) is 0 Å². The summed E-state index contributed by atoms with van der Waals surface area (Å²) in [4.78, 5) is 14.5. The van der Waals surface area contributed by atoms with Crippen molar-refractivity contribution in [1.82, 2.24) is 4.98 Å². The monoisotopic (exact) mass is 253 g/mol. The summed E-state index contributed by atoms with van der Waals surface area (Å²) >= 11 is 0. The molecule has 0 aromatic carbocycles. The number of nitrogens with zero attached hydrogens (tertiary/aromatic N) is 2. The topological polar surface area (TPSA) is 86.5 Å². The van der Waals surface area contributed by atoms with Crippen molar-refractivity contribution in [3.8, 4) is 5.88 Å². The van der Waals surface area contributed by atoms with E-state index in [2.05, 4.69) is 10.3 Å². The minimum atomic E-state index is -0.458. The summed E-state index contributed by atoms with van der Waals surface area (Å²) < 4.78 is 10.8. The van der Waals surface area contributed by atoms with Crippen LogP contribution in [0, 0.1) is 10.1 Å². The summed E-state index contributed by atoms with van der Waals surface area (Å²) in [6.45, 7) is 3.69. The third-order valence-corrected chi connectivity index (χ3v) is 2.53. The number of nitro groups is 1. The molecule has 0 radical (unpaired) electrons. The average Bonchev–Trinajstić information content (AvgIpc) is 2.82. The van der Waals surface area contributed by atoms with Gasteiger partial charge in [0.15, 0.2) is 0 Å². The Morgan fingerprint density at radius 1 is 1.67 bits per heavy atom. The van der Waals surface area contributed by atoms with E-state index in [9.17, 15) is 10.1 Å². The van der Waals surface area contributed by atoms with E-state index in [0.29, 0.717) is 25.6 Å². The highest BCUT2D eigenvalue weighted by atomic mass is 16.6. The molecule has 18 heavy (non-hydrogen) atoms. The van der Waals surface area contributed by atoms with E-state index in [-0.39, 0.29) is 17.7 Å². The lowest BCUT2D eigenvalue weighted by Crippen LogP contribution is -2.17. The fraction of sp³-hybridized carbons (Fsp3) is 0.545. The van der Waals surface area contributed by atoms with E-state index < -0.39 is 4.92 Å². The molecule has 1 aromatic rings. The number of nitrogens with one attached hydrogen (secondary N) is 1. The molecule has 1 N–H and O–H groups in total. The summed E-state index contributed by atoms with van der Waals surface area (Å²) in [6, 6.07) is 2.72. The van der Waals surface area contributed by atoms with Crippen molar-refractivity contribution in [1.29, 1.82) is 0 Å². The lowest BCUT2D eigenvalue weighted by atomic mass is 10.3. The first-order chi connectivity index (χ1) is 8.69. The van der Waals surface area contributed by atoms with Gasteiger partial charge < -0.3 is 14.8 Å². The Bertz CT molecular complexity index is 432. The molecule has 7 nitrogen and oxygen atoms in total. The molecular weight excluding hydrogens is 238 g/mol. The highest BCUT2D eigenvalue weighted by Gasteiger charge is 2.20. The molecule has 1 fully saturated rings. The highest BCUT2D eigenvalue weighted by molar-refractivity contribution is 5.48. The molecule has 0 saturated carbocycles. The van der Waals surface area contributed by atoms with Crippen molar-refractivity contribution in [3.05, 3.63) is 22.2 Å². The predicted octanol–water partition coefficient (Wildman–Crippen LogP) is 1.59. The molecule has 7 heteroatoms. The first-order valence-corrected chi connectivity index (χ1v) is 5.84. The molecule has 1 aliphatic rings. The van der Waals surface area contributed by atoms with Crippen LogP contribution in [0.5, 0.6) is 5.88 Å². The number of hydrogen-bond donors (Lipinski definition) is 1. The second-order valence-electron chi connectivity index (χ2n) is 3.94. The van der Waals surface area contributed by atoms with Gasteiger partial charge in [-0.25, -0.2) is 0 Å². The van der Waals surface area contributed by atoms with Crippen LogP contribution in [-0.2, 0) is 4.74 Å². The summed E-state index contributed by atoms with van der Waals surface area (Å²) in [5, 5.41) is 13.8. The molecule has 2 heterocycles. The lowest BCUT2D eigenvalue weighted by molar-refractivity contribution is -0.384. The van der Waals surface area contributed by atoms with Gasteiger partial charge in [-0.1, -0.05) is 0 Å². The van der Waals surface area contributed by atoms with E-state index >= 15 is 0 Å². The smallest absolute Gasteiger partial charge is 0.278 e. The van der Waals surface area contributed by atoms with Crippen molar-refractivity contribution < 1.29 is 14.4 Å². The molecule has 2 rings (SSSR count). The number of ether oxygens (including phenoxy) is 2. The predicted molar refractivity (Wildman–Crippen MR) is 64.9 cm³/mol. The van der Waals surface area contributed by atoms with Crippen molar-refractivity contribution in [2.75, 3.05) is 25.1 Å². The van der Waals surface area contributed by atoms with Gasteiger partial charge in [0, 0.05) is 13.0 Å². The van der Waals surface area contributed by atoms with E-state index in [1.54, 1.807) is 0 Å². The summed E-state index contributed by atoms with van der Waals surface area (Å²) in [6.07, 6.45) is 0.704. The van der Waals surface area contributed by atoms with Gasteiger partial charge in [-0.3, -0.25) is 10.1 Å². The van der Waals surface area contributed by atoms with Gasteiger partial charge in [0.05, 0.1) is 30.3 Å². The lowest BCUT2D eigenvalue weighted by Gasteiger charge is -2.12. The van der Waals surface area contributed by atoms with Crippen LogP contribution in [0.4, 0.5) is 11.5 Å². The van der Waals surface area contributed by atoms with Crippen LogP contribution in [0.25, 0.3) is 0 Å². The Labute approximate surface area is 104 Å². The third-order valence-electron chi connectivity index (χ3n) is 2.53. The average molecular weight is 253 g/mol. The number of pyridine rings is 1. The van der Waals surface area contributed by atoms with Crippen LogP contribution in [0.15, 0.2) is 12.1 Å². The van der Waals surface area contributed by atoms with Crippen molar-refractivity contribution in [2.24, 2.45) is 0 Å². The zero-order valence-corrected chi connectivity index (χ0v) is 10.1. The summed E-state index contributed by atoms with van der Waals surface area (Å²) in [5.74, 6) is 0.705. The largest absolute Gasteiger partial charge is 0.472 e. The van der Waals surface area contributed by atoms with E-state index in [4.69, 9.17) is 9.47 Å². The Kier molecular flexibility index (Phi) is 3.93. The minimum Gasteiger partial charge on any atom is -0.472 e. The Hall–Kier alpha value is -1.89. The van der Waals surface area contributed by atoms with Crippen molar-refractivity contribution >= 4 is 11.5 Å². The SMILES string of the molecule is CCNc1cc([N+](=O)[O-])cc(OC2CCOC2)n1. The number of rotatable bonds is 5. The molecule has 1 aliphatic heterocycles. The molecule has 1 aromatic heterocycles. The van der Waals surface area contributed by atoms with Gasteiger partial charge >= 0.3 is 0 Å². The maximum absolute atomic E-state index is 10.8. The quantitative estimate of drug-likeness (QED) is 0.633. The zero-order valence-electron chi connectivity index (χ0n) is 10.1. The van der Waals surface area contributed by atoms with Crippen LogP contribution in [0.3, 0.4) is 0 Å². The molecule has 1 unspecified atom stereocenters. The molecule has 1 atom stereocenters. The standard InChI is InChI=1S/C11H15N3O4/c1-2-12-10-5-8(14(15)16)6-11(13-10)18-9-3-4-17-7-9/h5-6,9H,2-4,7H2,1H3,(H,12,13). The molecule has 0 bridgehead atoms. The van der Waals surface area contributed by atoms with Crippen LogP contribution in [-0.4, -0.2) is 35.8 Å². The second kappa shape index (κ2) is 5.63. The zero-order chi connectivity index (χ0) is 13.0. The Balaban J connectivity index is 2.18. The maximum Gasteiger partial charge on any atom is 0.278 e. The van der Waals surface area contributed by atoms with Gasteiger partial charge in [-0.05, 0) is 6.92 Å². The van der Waals surface area contributed by atoms with Gasteiger partial charge in [0.25, 0.3) is 5.69 Å². The summed E-state index contributed by atoms with van der Waals surface area (Å²) in [5.41, 5.74) is -0.0325. The van der Waals surface area contributed by atoms with Crippen molar-refractivity contribution in [3.63, 3.8) is 0 Å². The molecule has 0 aliphatic carbocycles. The first-order valence-electron chi connectivity index (χ1n) is 5.84. The first kappa shape index (κ1) is 12.6. The van der Waals surface area contributed by atoms with E-state index in [1.165, 1.54) is 12.1 Å². The van der Waals surface area contributed by atoms with Crippen LogP contribution < -0.4 is 10.1 Å². The Morgan fingerprint density at radius 2 is 2.50 bits per heavy atom. The molecule has 1 saturated heterocycles. The van der Waals surface area contributed by atoms with Gasteiger partial charge in [-0.2, -0.15) is 4.98 Å². The van der Waals surface area contributed by atoms with Crippen LogP contribution >= 0.6 is 0 Å². The normalized spacial score (nSPS) is 18.6. The third kappa shape index (κ3) is 3.07. The van der Waals surface area contributed by atoms with Crippen LogP contribution in [0.1, 0.15) is 13.3 Å². The maximum atomic E-state index is 10.8. The molecule has 0 spiro atoms. The van der Waals surface area contributed by atoms with E-state index in [1.807, 2.05) is 6.92 Å². The molecule has 98 valence electrons. The number of aromatic nitrogens is 1. The summed E-state index contributed by atoms with van der Waals surface area (Å²) in [7, 11) is 0. The fourth-order valence-electron chi connectivity index (χ4n) is 1.71. The van der Waals surface area contributed by atoms with E-state index in [0.717, 1.165) is 6.42 Å². The minimum absolute atomic E-state index is 0.0325. The second-order valence-corrected chi connectivity index (χ2v) is 3.94. The number of anilines is 1. The van der Waals surface area contributed by atoms with Gasteiger partial charge in [0.2, 0.25) is 5.88 Å². The highest BCUT2D eigenvalue weighted by Crippen LogP contribution is 2.24. The van der Waals surface area contributed by atoms with Gasteiger partial charge in [0.1, 0.15) is 11.9 Å². The van der Waals surface area contributed by atoms with Crippen LogP contribution in [0.2, 0.25) is 0 Å². The fourth-order valence-corrected chi connectivity index (χ4v) is 1.71. The van der Waals surface area contributed by atoms with Crippen molar-refractivity contribution in [2.45, 2.75) is 19.4 Å². The molecular formula is C11H15N3O4. The number of hydrogen-bond acceptors (Lipinski definition) is 6. The molecule has 0 amide bonds. The Morgan fingerprint density at radius 3 is 3.11 bits per heavy atom.